The summed E-state index contributed by atoms with van der Waals surface area (Å²) in [6.07, 6.45) is 4.48. The molecule has 0 saturated carbocycles. The van der Waals surface area contributed by atoms with Gasteiger partial charge in [0.1, 0.15) is 0 Å². The van der Waals surface area contributed by atoms with Crippen LogP contribution >= 0.6 is 0 Å². The predicted molar refractivity (Wildman–Crippen MR) is 71.3 cm³/mol. The van der Waals surface area contributed by atoms with E-state index in [0.717, 1.165) is 24.4 Å². The first-order chi connectivity index (χ1) is 7.63. The van der Waals surface area contributed by atoms with Crippen LogP contribution in [-0.2, 0) is 0 Å². The molecule has 0 fully saturated rings. The van der Waals surface area contributed by atoms with Crippen molar-refractivity contribution in [2.45, 2.75) is 46.5 Å². The third-order valence-electron chi connectivity index (χ3n) is 2.65. The summed E-state index contributed by atoms with van der Waals surface area (Å²) in [4.78, 5) is 4.47. The van der Waals surface area contributed by atoms with Gasteiger partial charge in [0.15, 0.2) is 0 Å². The highest BCUT2D eigenvalue weighted by Gasteiger charge is 1.98. The second-order valence-corrected chi connectivity index (χ2v) is 4.35. The smallest absolute Gasteiger partial charge is 0.0996 e. The zero-order chi connectivity index (χ0) is 12.0. The van der Waals surface area contributed by atoms with Gasteiger partial charge in [0, 0.05) is 6.42 Å². The highest BCUT2D eigenvalue weighted by molar-refractivity contribution is 5.83. The maximum Gasteiger partial charge on any atom is 0.0996 e. The Labute approximate surface area is 98.6 Å². The van der Waals surface area contributed by atoms with Gasteiger partial charge >= 0.3 is 0 Å². The van der Waals surface area contributed by atoms with E-state index in [4.69, 9.17) is 5.73 Å². The standard InChI is InChI=1S/C14H22N2/c1-4-5-6-7-14(15)16-13-9-8-11(2)10-12(13)3/h8-10H,4-7H2,1-3H3,(H2,15,16). The maximum absolute atomic E-state index is 5.90. The summed E-state index contributed by atoms with van der Waals surface area (Å²) in [5.74, 6) is 0.750. The SMILES string of the molecule is CCCCCC(N)=Nc1ccc(C)cc1C. The summed E-state index contributed by atoms with van der Waals surface area (Å²) in [6.45, 7) is 6.35. The van der Waals surface area contributed by atoms with Crippen LogP contribution in [0.25, 0.3) is 0 Å². The fourth-order valence-corrected chi connectivity index (χ4v) is 1.70. The van der Waals surface area contributed by atoms with E-state index in [0.29, 0.717) is 0 Å². The van der Waals surface area contributed by atoms with Crippen molar-refractivity contribution in [1.82, 2.24) is 0 Å². The molecule has 0 saturated heterocycles. The number of unbranched alkanes of at least 4 members (excludes halogenated alkanes) is 2. The van der Waals surface area contributed by atoms with Crippen LogP contribution in [0.4, 0.5) is 5.69 Å². The highest BCUT2D eigenvalue weighted by Crippen LogP contribution is 2.19. The number of hydrogen-bond acceptors (Lipinski definition) is 1. The van der Waals surface area contributed by atoms with Crippen LogP contribution in [0.5, 0.6) is 0 Å². The van der Waals surface area contributed by atoms with Crippen molar-refractivity contribution in [2.75, 3.05) is 0 Å². The Balaban J connectivity index is 2.66. The van der Waals surface area contributed by atoms with Crippen LogP contribution in [0.3, 0.4) is 0 Å². The summed E-state index contributed by atoms with van der Waals surface area (Å²) in [7, 11) is 0. The Morgan fingerprint density at radius 1 is 1.25 bits per heavy atom. The Morgan fingerprint density at radius 2 is 2.00 bits per heavy atom. The zero-order valence-corrected chi connectivity index (χ0v) is 10.6. The number of hydrogen-bond donors (Lipinski definition) is 1. The Hall–Kier alpha value is -1.31. The molecule has 0 heterocycles. The fraction of sp³-hybridized carbons (Fsp3) is 0.500. The van der Waals surface area contributed by atoms with Gasteiger partial charge in [0.2, 0.25) is 0 Å². The molecule has 1 aromatic carbocycles. The molecule has 0 aromatic heterocycles. The molecule has 0 bridgehead atoms. The lowest BCUT2D eigenvalue weighted by atomic mass is 10.1. The number of rotatable bonds is 5. The van der Waals surface area contributed by atoms with Gasteiger partial charge in [-0.05, 0) is 31.9 Å². The first kappa shape index (κ1) is 12.8. The van der Waals surface area contributed by atoms with Crippen LogP contribution in [-0.4, -0.2) is 5.84 Å². The maximum atomic E-state index is 5.90. The topological polar surface area (TPSA) is 38.4 Å². The van der Waals surface area contributed by atoms with Gasteiger partial charge in [0.05, 0.1) is 11.5 Å². The first-order valence-corrected chi connectivity index (χ1v) is 6.03. The molecule has 0 atom stereocenters. The minimum Gasteiger partial charge on any atom is -0.387 e. The number of nitrogens with zero attached hydrogens (tertiary/aromatic N) is 1. The molecule has 0 unspecified atom stereocenters. The molecule has 16 heavy (non-hydrogen) atoms. The number of aryl methyl sites for hydroxylation is 2. The van der Waals surface area contributed by atoms with Gasteiger partial charge in [-0.3, -0.25) is 0 Å². The number of nitrogens with two attached hydrogens (primary N) is 1. The summed E-state index contributed by atoms with van der Waals surface area (Å²) in [5, 5.41) is 0. The molecular weight excluding hydrogens is 196 g/mol. The second-order valence-electron chi connectivity index (χ2n) is 4.35. The minimum atomic E-state index is 0.750. The van der Waals surface area contributed by atoms with Gasteiger partial charge in [-0.1, -0.05) is 37.5 Å². The second kappa shape index (κ2) is 6.31. The minimum absolute atomic E-state index is 0.750. The summed E-state index contributed by atoms with van der Waals surface area (Å²) in [5.41, 5.74) is 9.36. The van der Waals surface area contributed by atoms with Crippen LogP contribution in [0.1, 0.15) is 43.7 Å². The van der Waals surface area contributed by atoms with Crippen LogP contribution in [0, 0.1) is 13.8 Å². The summed E-state index contributed by atoms with van der Waals surface area (Å²) < 4.78 is 0. The van der Waals surface area contributed by atoms with Crippen molar-refractivity contribution in [3.8, 4) is 0 Å². The third kappa shape index (κ3) is 4.05. The fourth-order valence-electron chi connectivity index (χ4n) is 1.70. The molecule has 1 rings (SSSR count). The third-order valence-corrected chi connectivity index (χ3v) is 2.65. The lowest BCUT2D eigenvalue weighted by molar-refractivity contribution is 0.740. The molecule has 0 spiro atoms. The van der Waals surface area contributed by atoms with E-state index in [-0.39, 0.29) is 0 Å². The van der Waals surface area contributed by atoms with Crippen LogP contribution in [0.15, 0.2) is 23.2 Å². The van der Waals surface area contributed by atoms with Gasteiger partial charge in [-0.2, -0.15) is 0 Å². The van der Waals surface area contributed by atoms with E-state index in [1.165, 1.54) is 24.0 Å². The number of benzene rings is 1. The molecule has 88 valence electrons. The molecule has 1 aromatic rings. The van der Waals surface area contributed by atoms with Crippen molar-refractivity contribution >= 4 is 11.5 Å². The van der Waals surface area contributed by atoms with Crippen LogP contribution in [0.2, 0.25) is 0 Å². The zero-order valence-electron chi connectivity index (χ0n) is 10.6. The van der Waals surface area contributed by atoms with Gasteiger partial charge in [-0.25, -0.2) is 4.99 Å². The molecule has 0 aliphatic rings. The number of aliphatic imine (C=N–C) groups is 1. The molecule has 0 amide bonds. The van der Waals surface area contributed by atoms with E-state index < -0.39 is 0 Å². The molecule has 2 heteroatoms. The largest absolute Gasteiger partial charge is 0.387 e. The van der Waals surface area contributed by atoms with E-state index in [2.05, 4.69) is 37.9 Å². The predicted octanol–water partition coefficient (Wildman–Crippen LogP) is 3.87. The van der Waals surface area contributed by atoms with Gasteiger partial charge in [0.25, 0.3) is 0 Å². The van der Waals surface area contributed by atoms with Gasteiger partial charge in [-0.15, -0.1) is 0 Å². The van der Waals surface area contributed by atoms with Crippen molar-refractivity contribution < 1.29 is 0 Å². The average molecular weight is 218 g/mol. The van der Waals surface area contributed by atoms with Crippen molar-refractivity contribution in [2.24, 2.45) is 10.7 Å². The molecule has 0 aliphatic carbocycles. The summed E-state index contributed by atoms with van der Waals surface area (Å²) in [6, 6.07) is 6.25. The normalized spacial score (nSPS) is 11.8. The van der Waals surface area contributed by atoms with E-state index in [9.17, 15) is 0 Å². The van der Waals surface area contributed by atoms with E-state index in [1.54, 1.807) is 0 Å². The first-order valence-electron chi connectivity index (χ1n) is 6.03. The number of amidine groups is 1. The van der Waals surface area contributed by atoms with E-state index >= 15 is 0 Å². The lowest BCUT2D eigenvalue weighted by Gasteiger charge is -2.04. The van der Waals surface area contributed by atoms with Crippen molar-refractivity contribution in [3.63, 3.8) is 0 Å². The Bertz CT molecular complexity index is 367. The molecule has 2 nitrogen and oxygen atoms in total. The van der Waals surface area contributed by atoms with Gasteiger partial charge < -0.3 is 5.73 Å². The monoisotopic (exact) mass is 218 g/mol. The van der Waals surface area contributed by atoms with Crippen LogP contribution < -0.4 is 5.73 Å². The van der Waals surface area contributed by atoms with Crippen molar-refractivity contribution in [3.05, 3.63) is 29.3 Å². The van der Waals surface area contributed by atoms with E-state index in [1.807, 2.05) is 6.07 Å². The Kier molecular flexibility index (Phi) is 5.03. The molecule has 0 radical (unpaired) electrons. The molecular formula is C14H22N2. The quantitative estimate of drug-likeness (QED) is 0.455. The van der Waals surface area contributed by atoms with Crippen molar-refractivity contribution in [1.29, 1.82) is 0 Å². The average Bonchev–Trinajstić information content (AvgIpc) is 2.23. The molecule has 0 aliphatic heterocycles. The highest BCUT2D eigenvalue weighted by atomic mass is 14.9. The molecule has 2 N–H and O–H groups in total. The summed E-state index contributed by atoms with van der Waals surface area (Å²) >= 11 is 0. The lowest BCUT2D eigenvalue weighted by Crippen LogP contribution is -2.10. The Morgan fingerprint density at radius 3 is 2.62 bits per heavy atom.